The van der Waals surface area contributed by atoms with E-state index in [-0.39, 0.29) is 132 Å². The molecule has 0 amide bonds. The van der Waals surface area contributed by atoms with Gasteiger partial charge in [0.2, 0.25) is 0 Å². The van der Waals surface area contributed by atoms with Crippen molar-refractivity contribution in [3.05, 3.63) is 0 Å². The second-order valence-electron chi connectivity index (χ2n) is 0.982. The summed E-state index contributed by atoms with van der Waals surface area (Å²) in [4.78, 5) is 23.7. The molecule has 9 heteroatoms. The van der Waals surface area contributed by atoms with E-state index in [4.69, 9.17) is 14.7 Å². The zero-order valence-electron chi connectivity index (χ0n) is 2.61. The SMILES string of the molecule is OP1(O)(O)OO1.[KH].[KH].[NaH]. The Morgan fingerprint density at radius 1 is 0.889 bits per heavy atom. The normalized spacial score (nSPS) is 28.6. The van der Waals surface area contributed by atoms with Crippen LogP contribution in [0.5, 0.6) is 0 Å². The zero-order valence-corrected chi connectivity index (χ0v) is 3.50. The number of hydrogen-bond donors (Lipinski definition) is 3. The molecule has 9 heavy (non-hydrogen) atoms. The van der Waals surface area contributed by atoms with Crippen molar-refractivity contribution in [3.63, 3.8) is 0 Å². The minimum absolute atomic E-state index is 0. The Kier molecular flexibility index (Phi) is 12.9. The maximum atomic E-state index is 7.89. The van der Waals surface area contributed by atoms with E-state index in [0.717, 1.165) is 0 Å². The molecule has 3 N–H and O–H groups in total. The molecule has 0 spiro atoms. The summed E-state index contributed by atoms with van der Waals surface area (Å²) in [7, 11) is -4.80. The fourth-order valence-corrected chi connectivity index (χ4v) is 0.402. The van der Waals surface area contributed by atoms with Gasteiger partial charge in [0.05, 0.1) is 0 Å². The van der Waals surface area contributed by atoms with Crippen LogP contribution in [0.15, 0.2) is 0 Å². The summed E-state index contributed by atoms with van der Waals surface area (Å²) in [5.74, 6) is 0. The van der Waals surface area contributed by atoms with E-state index in [1.165, 1.54) is 0 Å². The number of rotatable bonds is 0. The summed E-state index contributed by atoms with van der Waals surface area (Å²) < 4.78 is 6.76. The maximum absolute atomic E-state index is 7.89. The van der Waals surface area contributed by atoms with E-state index >= 15 is 0 Å². The van der Waals surface area contributed by atoms with Gasteiger partial charge in [0.1, 0.15) is 0 Å². The van der Waals surface area contributed by atoms with Gasteiger partial charge in [-0.05, 0) is 0 Å². The average molecular weight is 218 g/mol. The average Bonchev–Trinajstić information content (AvgIpc) is 1.73. The van der Waals surface area contributed by atoms with Crippen LogP contribution in [0.2, 0.25) is 0 Å². The monoisotopic (exact) mass is 218 g/mol. The quantitative estimate of drug-likeness (QED) is 0.176. The van der Waals surface area contributed by atoms with Crippen molar-refractivity contribution in [3.8, 4) is 0 Å². The molecule has 5 nitrogen and oxygen atoms in total. The predicted octanol–water partition coefficient (Wildman–Crippen LogP) is -2.89. The molecule has 0 aliphatic carbocycles. The molecule has 1 heterocycles. The molecular formula is H6K2NaO5P. The Morgan fingerprint density at radius 3 is 1.00 bits per heavy atom. The first-order valence-electron chi connectivity index (χ1n) is 1.13. The van der Waals surface area contributed by atoms with Crippen LogP contribution in [-0.4, -0.2) is 147 Å². The van der Waals surface area contributed by atoms with Crippen molar-refractivity contribution in [1.29, 1.82) is 0 Å². The predicted molar refractivity (Wildman–Crippen MR) is 37.2 cm³/mol. The molecule has 0 aromatic heterocycles. The van der Waals surface area contributed by atoms with E-state index in [0.29, 0.717) is 0 Å². The molecule has 0 aromatic carbocycles. The molecule has 1 aliphatic rings. The second kappa shape index (κ2) is 6.07. The Bertz CT molecular complexity index is 78.7. The molecule has 1 saturated heterocycles. The third-order valence-corrected chi connectivity index (χ3v) is 0.824. The van der Waals surface area contributed by atoms with Gasteiger partial charge >= 0.3 is 164 Å². The molecular weight excluding hydrogens is 212 g/mol. The summed E-state index contributed by atoms with van der Waals surface area (Å²) in [5, 5.41) is 0. The molecule has 0 aromatic rings. The van der Waals surface area contributed by atoms with Gasteiger partial charge in [-0.15, -0.1) is 0 Å². The first-order chi connectivity index (χ1) is 2.47. The third kappa shape index (κ3) is 10.4. The van der Waals surface area contributed by atoms with Gasteiger partial charge in [-0.3, -0.25) is 0 Å². The van der Waals surface area contributed by atoms with Crippen LogP contribution in [0.1, 0.15) is 0 Å². The Balaban J connectivity index is -0.000000120. The zero-order chi connectivity index (χ0) is 4.86. The third-order valence-electron chi connectivity index (χ3n) is 0.275. The molecule has 1 rings (SSSR count). The summed E-state index contributed by atoms with van der Waals surface area (Å²) in [6.07, 6.45) is 0. The van der Waals surface area contributed by atoms with Gasteiger partial charge in [0.25, 0.3) is 0 Å². The summed E-state index contributed by atoms with van der Waals surface area (Å²) in [5.41, 5.74) is 0. The number of hydrogen-bond acceptors (Lipinski definition) is 5. The van der Waals surface area contributed by atoms with Crippen molar-refractivity contribution in [2.75, 3.05) is 0 Å². The van der Waals surface area contributed by atoms with Crippen molar-refractivity contribution in [1.82, 2.24) is 0 Å². The molecule has 1 aliphatic heterocycles. The minimum atomic E-state index is -4.80. The first kappa shape index (κ1) is 19.1. The van der Waals surface area contributed by atoms with Crippen molar-refractivity contribution in [2.45, 2.75) is 0 Å². The van der Waals surface area contributed by atoms with Gasteiger partial charge in [0, 0.05) is 0 Å². The van der Waals surface area contributed by atoms with E-state index in [1.807, 2.05) is 0 Å². The van der Waals surface area contributed by atoms with E-state index < -0.39 is 7.74 Å². The van der Waals surface area contributed by atoms with Crippen LogP contribution in [0.3, 0.4) is 0 Å². The summed E-state index contributed by atoms with van der Waals surface area (Å²) >= 11 is 0. The van der Waals surface area contributed by atoms with Crippen LogP contribution in [0, 0.1) is 0 Å². The van der Waals surface area contributed by atoms with Gasteiger partial charge in [-0.2, -0.15) is 0 Å². The van der Waals surface area contributed by atoms with E-state index in [1.54, 1.807) is 0 Å². The van der Waals surface area contributed by atoms with Gasteiger partial charge in [-0.1, -0.05) is 0 Å². The Morgan fingerprint density at radius 2 is 1.00 bits per heavy atom. The molecule has 0 unspecified atom stereocenters. The van der Waals surface area contributed by atoms with E-state index in [9.17, 15) is 0 Å². The fourth-order valence-electron chi connectivity index (χ4n) is 0.0447. The molecule has 1 fully saturated rings. The van der Waals surface area contributed by atoms with Gasteiger partial charge in [0.15, 0.2) is 0 Å². The topological polar surface area (TPSA) is 85.8 Å². The second-order valence-corrected chi connectivity index (χ2v) is 2.95. The van der Waals surface area contributed by atoms with Crippen LogP contribution in [0.25, 0.3) is 0 Å². The van der Waals surface area contributed by atoms with Crippen molar-refractivity contribution < 1.29 is 24.0 Å². The van der Waals surface area contributed by atoms with E-state index in [2.05, 4.69) is 9.35 Å². The molecule has 0 radical (unpaired) electrons. The molecule has 0 bridgehead atoms. The van der Waals surface area contributed by atoms with Crippen molar-refractivity contribution in [2.24, 2.45) is 0 Å². The van der Waals surface area contributed by atoms with Crippen LogP contribution < -0.4 is 0 Å². The standard InChI is InChI=1S/2K.Na.H3O5P.3H/c;;;1-6(2,3)4-5-6;;;/h;;;1-3H;;;. The first-order valence-corrected chi connectivity index (χ1v) is 3.06. The van der Waals surface area contributed by atoms with Crippen molar-refractivity contribution >= 4 is 140 Å². The molecule has 0 atom stereocenters. The Hall–Kier alpha value is 4.50. The van der Waals surface area contributed by atoms with Crippen LogP contribution in [-0.2, 0) is 9.35 Å². The van der Waals surface area contributed by atoms with Gasteiger partial charge < -0.3 is 0 Å². The van der Waals surface area contributed by atoms with Crippen LogP contribution >= 0.6 is 7.74 Å². The molecule has 0 saturated carbocycles. The summed E-state index contributed by atoms with van der Waals surface area (Å²) in [6.45, 7) is 0. The Labute approximate surface area is 159 Å². The fraction of sp³-hybridized carbons (Fsp3) is 0. The van der Waals surface area contributed by atoms with Gasteiger partial charge in [-0.25, -0.2) is 0 Å². The molecule has 44 valence electrons. The van der Waals surface area contributed by atoms with Crippen LogP contribution in [0.4, 0.5) is 0 Å². The summed E-state index contributed by atoms with van der Waals surface area (Å²) in [6, 6.07) is 0.